The molecule has 2 heteroatoms. The molecule has 0 bridgehead atoms. The van der Waals surface area contributed by atoms with Gasteiger partial charge in [0.2, 0.25) is 0 Å². The van der Waals surface area contributed by atoms with Crippen LogP contribution >= 0.6 is 0 Å². The summed E-state index contributed by atoms with van der Waals surface area (Å²) >= 11 is 0. The summed E-state index contributed by atoms with van der Waals surface area (Å²) in [4.78, 5) is 0. The third-order valence-electron chi connectivity index (χ3n) is 3.46. The molecule has 1 N–H and O–H groups in total. The summed E-state index contributed by atoms with van der Waals surface area (Å²) < 4.78 is 0.931. The van der Waals surface area contributed by atoms with E-state index in [4.69, 9.17) is 0 Å². The molecule has 1 saturated heterocycles. The highest BCUT2D eigenvalue weighted by atomic mass is 16.3. The molecule has 0 spiro atoms. The van der Waals surface area contributed by atoms with E-state index in [2.05, 4.69) is 13.8 Å². The molecule has 1 atom stereocenters. The molecule has 2 nitrogen and oxygen atoms in total. The maximum atomic E-state index is 9.97. The van der Waals surface area contributed by atoms with Crippen LogP contribution < -0.4 is 0 Å². The Morgan fingerprint density at radius 2 is 1.83 bits per heavy atom. The van der Waals surface area contributed by atoms with Crippen LogP contribution in [0.3, 0.4) is 0 Å². The standard InChI is InChI=1S/C10H22NO/c1-3-11(4-2)9-7-5-6-8-10(11)12/h10,12H,3-9H2,1-2H3/q+1. The van der Waals surface area contributed by atoms with Crippen molar-refractivity contribution in [2.45, 2.75) is 45.8 Å². The molecule has 12 heavy (non-hydrogen) atoms. The molecule has 1 aliphatic rings. The fraction of sp³-hybridized carbons (Fsp3) is 1.00. The first kappa shape index (κ1) is 10.0. The lowest BCUT2D eigenvalue weighted by Gasteiger charge is -2.39. The quantitative estimate of drug-likeness (QED) is 0.629. The third kappa shape index (κ3) is 1.80. The summed E-state index contributed by atoms with van der Waals surface area (Å²) in [5, 5.41) is 9.97. The van der Waals surface area contributed by atoms with Gasteiger partial charge in [-0.15, -0.1) is 0 Å². The lowest BCUT2D eigenvalue weighted by atomic mass is 10.2. The molecular formula is C10H22NO+. The van der Waals surface area contributed by atoms with Crippen molar-refractivity contribution in [1.29, 1.82) is 0 Å². The molecule has 72 valence electrons. The van der Waals surface area contributed by atoms with E-state index >= 15 is 0 Å². The summed E-state index contributed by atoms with van der Waals surface area (Å²) in [6.45, 7) is 7.72. The van der Waals surface area contributed by atoms with E-state index in [9.17, 15) is 5.11 Å². The Morgan fingerprint density at radius 3 is 2.42 bits per heavy atom. The summed E-state index contributed by atoms with van der Waals surface area (Å²) in [7, 11) is 0. The van der Waals surface area contributed by atoms with Crippen LogP contribution in [0.4, 0.5) is 0 Å². The zero-order valence-electron chi connectivity index (χ0n) is 8.42. The number of quaternary nitrogens is 1. The average molecular weight is 172 g/mol. The monoisotopic (exact) mass is 172 g/mol. The molecule has 0 aromatic rings. The number of nitrogens with zero attached hydrogens (tertiary/aromatic N) is 1. The minimum absolute atomic E-state index is 0.0949. The van der Waals surface area contributed by atoms with Crippen molar-refractivity contribution in [3.05, 3.63) is 0 Å². The summed E-state index contributed by atoms with van der Waals surface area (Å²) in [5.41, 5.74) is 0. The van der Waals surface area contributed by atoms with E-state index in [-0.39, 0.29) is 6.23 Å². The van der Waals surface area contributed by atoms with Gasteiger partial charge in [0.15, 0.2) is 6.23 Å². The SMILES string of the molecule is CC[N+]1(CC)CCCCCC1O. The van der Waals surface area contributed by atoms with Crippen molar-refractivity contribution in [2.24, 2.45) is 0 Å². The van der Waals surface area contributed by atoms with Gasteiger partial charge in [-0.3, -0.25) is 4.48 Å². The van der Waals surface area contributed by atoms with Crippen LogP contribution in [0.25, 0.3) is 0 Å². The Hall–Kier alpha value is -0.0800. The van der Waals surface area contributed by atoms with Crippen molar-refractivity contribution < 1.29 is 9.59 Å². The lowest BCUT2D eigenvalue weighted by Crippen LogP contribution is -2.55. The normalized spacial score (nSPS) is 29.8. The minimum atomic E-state index is -0.0949. The molecule has 0 aromatic heterocycles. The summed E-state index contributed by atoms with van der Waals surface area (Å²) in [6, 6.07) is 0. The average Bonchev–Trinajstić information content (AvgIpc) is 2.28. The minimum Gasteiger partial charge on any atom is -0.345 e. The zero-order valence-corrected chi connectivity index (χ0v) is 8.42. The first-order valence-corrected chi connectivity index (χ1v) is 5.29. The number of hydrogen-bond acceptors (Lipinski definition) is 1. The van der Waals surface area contributed by atoms with Crippen LogP contribution in [0.15, 0.2) is 0 Å². The fourth-order valence-corrected chi connectivity index (χ4v) is 2.31. The lowest BCUT2D eigenvalue weighted by molar-refractivity contribution is -0.967. The molecule has 0 aliphatic carbocycles. The van der Waals surface area contributed by atoms with Gasteiger partial charge in [-0.1, -0.05) is 0 Å². The van der Waals surface area contributed by atoms with Crippen molar-refractivity contribution in [2.75, 3.05) is 19.6 Å². The highest BCUT2D eigenvalue weighted by molar-refractivity contribution is 4.55. The fourth-order valence-electron chi connectivity index (χ4n) is 2.31. The predicted octanol–water partition coefficient (Wildman–Crippen LogP) is 1.74. The van der Waals surface area contributed by atoms with Gasteiger partial charge in [-0.25, -0.2) is 0 Å². The van der Waals surface area contributed by atoms with Gasteiger partial charge in [0.05, 0.1) is 19.6 Å². The van der Waals surface area contributed by atoms with E-state index < -0.39 is 0 Å². The Labute approximate surface area is 75.8 Å². The molecular weight excluding hydrogens is 150 g/mol. The molecule has 0 radical (unpaired) electrons. The number of hydrogen-bond donors (Lipinski definition) is 1. The molecule has 1 rings (SSSR count). The zero-order chi connectivity index (χ0) is 9.03. The second kappa shape index (κ2) is 4.24. The van der Waals surface area contributed by atoms with Gasteiger partial charge in [-0.05, 0) is 33.1 Å². The maximum Gasteiger partial charge on any atom is 0.190 e. The van der Waals surface area contributed by atoms with Crippen LogP contribution in [0, 0.1) is 0 Å². The molecule has 0 aromatic carbocycles. The van der Waals surface area contributed by atoms with Gasteiger partial charge in [0.25, 0.3) is 0 Å². The Balaban J connectivity index is 2.66. The molecule has 0 saturated carbocycles. The second-order valence-corrected chi connectivity index (χ2v) is 3.90. The van der Waals surface area contributed by atoms with E-state index in [0.717, 1.165) is 24.0 Å². The van der Waals surface area contributed by atoms with Crippen LogP contribution in [0.2, 0.25) is 0 Å². The first-order chi connectivity index (χ1) is 5.75. The molecule has 1 aliphatic heterocycles. The van der Waals surface area contributed by atoms with E-state index in [1.807, 2.05) is 0 Å². The van der Waals surface area contributed by atoms with Crippen LogP contribution in [0.5, 0.6) is 0 Å². The third-order valence-corrected chi connectivity index (χ3v) is 3.46. The molecule has 1 unspecified atom stereocenters. The molecule has 0 amide bonds. The van der Waals surface area contributed by atoms with Crippen LogP contribution in [-0.4, -0.2) is 35.5 Å². The summed E-state index contributed by atoms with van der Waals surface area (Å²) in [5.74, 6) is 0. The van der Waals surface area contributed by atoms with E-state index in [1.165, 1.54) is 25.8 Å². The van der Waals surface area contributed by atoms with Crippen LogP contribution in [-0.2, 0) is 0 Å². The molecule has 1 fully saturated rings. The largest absolute Gasteiger partial charge is 0.345 e. The second-order valence-electron chi connectivity index (χ2n) is 3.90. The van der Waals surface area contributed by atoms with Gasteiger partial charge in [0.1, 0.15) is 0 Å². The van der Waals surface area contributed by atoms with Gasteiger partial charge >= 0.3 is 0 Å². The van der Waals surface area contributed by atoms with E-state index in [0.29, 0.717) is 0 Å². The topological polar surface area (TPSA) is 20.2 Å². The van der Waals surface area contributed by atoms with Crippen molar-refractivity contribution in [3.63, 3.8) is 0 Å². The maximum absolute atomic E-state index is 9.97. The van der Waals surface area contributed by atoms with Crippen molar-refractivity contribution in [1.82, 2.24) is 0 Å². The Kier molecular flexibility index (Phi) is 3.53. The number of likely N-dealkylation sites (tertiary alicyclic amines) is 1. The first-order valence-electron chi connectivity index (χ1n) is 5.29. The summed E-state index contributed by atoms with van der Waals surface area (Å²) in [6.07, 6.45) is 4.71. The smallest absolute Gasteiger partial charge is 0.190 e. The highest BCUT2D eigenvalue weighted by Crippen LogP contribution is 2.22. The molecule has 1 heterocycles. The van der Waals surface area contributed by atoms with Crippen molar-refractivity contribution in [3.8, 4) is 0 Å². The number of aliphatic hydroxyl groups is 1. The Bertz CT molecular complexity index is 132. The predicted molar refractivity (Wildman–Crippen MR) is 50.7 cm³/mol. The van der Waals surface area contributed by atoms with Gasteiger partial charge in [0, 0.05) is 6.42 Å². The van der Waals surface area contributed by atoms with E-state index in [1.54, 1.807) is 0 Å². The number of aliphatic hydroxyl groups excluding tert-OH is 1. The van der Waals surface area contributed by atoms with Crippen molar-refractivity contribution >= 4 is 0 Å². The number of rotatable bonds is 2. The van der Waals surface area contributed by atoms with Crippen LogP contribution in [0.1, 0.15) is 39.5 Å². The Morgan fingerprint density at radius 1 is 1.17 bits per heavy atom. The van der Waals surface area contributed by atoms with Gasteiger partial charge < -0.3 is 5.11 Å². The highest BCUT2D eigenvalue weighted by Gasteiger charge is 2.33. The van der Waals surface area contributed by atoms with Gasteiger partial charge in [-0.2, -0.15) is 0 Å².